The van der Waals surface area contributed by atoms with Crippen LogP contribution in [0, 0.1) is 23.7 Å². The van der Waals surface area contributed by atoms with Gasteiger partial charge in [0.1, 0.15) is 0 Å². The molecule has 2 heteroatoms. The zero-order chi connectivity index (χ0) is 15.2. The SMILES string of the molecule is CCCC1CC(O)C2C(C1)OC(C)(C)[C@@H]1CCC(C)=C[C@@H]21. The fourth-order valence-electron chi connectivity index (χ4n) is 5.37. The minimum atomic E-state index is -0.175. The molecule has 2 nitrogen and oxygen atoms in total. The summed E-state index contributed by atoms with van der Waals surface area (Å²) < 4.78 is 6.54. The molecule has 3 rings (SSSR count). The average molecular weight is 292 g/mol. The van der Waals surface area contributed by atoms with Gasteiger partial charge in [-0.15, -0.1) is 0 Å². The normalized spacial score (nSPS) is 45.5. The highest BCUT2D eigenvalue weighted by atomic mass is 16.5. The van der Waals surface area contributed by atoms with Crippen LogP contribution in [0.1, 0.15) is 66.2 Å². The van der Waals surface area contributed by atoms with Crippen LogP contribution >= 0.6 is 0 Å². The molecule has 0 radical (unpaired) electrons. The second-order valence-electron chi connectivity index (χ2n) is 8.27. The molecule has 1 heterocycles. The van der Waals surface area contributed by atoms with Gasteiger partial charge in [-0.25, -0.2) is 0 Å². The van der Waals surface area contributed by atoms with Gasteiger partial charge in [0.25, 0.3) is 0 Å². The lowest BCUT2D eigenvalue weighted by Gasteiger charge is -2.56. The number of aliphatic hydroxyl groups is 1. The van der Waals surface area contributed by atoms with Gasteiger partial charge in [-0.1, -0.05) is 31.4 Å². The molecule has 0 amide bonds. The lowest BCUT2D eigenvalue weighted by atomic mass is 9.59. The number of hydrogen-bond donors (Lipinski definition) is 1. The fourth-order valence-corrected chi connectivity index (χ4v) is 5.37. The molecule has 0 aromatic rings. The van der Waals surface area contributed by atoms with Crippen molar-refractivity contribution < 1.29 is 9.84 Å². The zero-order valence-corrected chi connectivity index (χ0v) is 14.1. The Morgan fingerprint density at radius 2 is 2.10 bits per heavy atom. The number of fused-ring (bicyclic) bond motifs is 3. The Morgan fingerprint density at radius 1 is 1.33 bits per heavy atom. The molecule has 4 unspecified atom stereocenters. The van der Waals surface area contributed by atoms with Crippen molar-refractivity contribution in [2.45, 2.75) is 84.0 Å². The first-order valence-corrected chi connectivity index (χ1v) is 8.95. The third-order valence-corrected chi connectivity index (χ3v) is 6.29. The Labute approximate surface area is 130 Å². The van der Waals surface area contributed by atoms with E-state index in [-0.39, 0.29) is 17.8 Å². The standard InChI is InChI=1S/C19H32O2/c1-5-6-13-10-16(20)18-14-9-12(2)7-8-15(14)19(3,4)21-17(18)11-13/h9,13-18,20H,5-8,10-11H2,1-4H3/t13?,14-,15-,16?,17?,18?/m1/s1. The predicted molar refractivity (Wildman–Crippen MR) is 86.1 cm³/mol. The van der Waals surface area contributed by atoms with Gasteiger partial charge in [0.15, 0.2) is 0 Å². The van der Waals surface area contributed by atoms with E-state index in [1.165, 1.54) is 31.3 Å². The number of hydrogen-bond acceptors (Lipinski definition) is 2. The summed E-state index contributed by atoms with van der Waals surface area (Å²) >= 11 is 0. The number of ether oxygens (including phenoxy) is 1. The first-order valence-electron chi connectivity index (χ1n) is 8.95. The van der Waals surface area contributed by atoms with Crippen LogP contribution < -0.4 is 0 Å². The summed E-state index contributed by atoms with van der Waals surface area (Å²) in [6.07, 6.45) is 9.53. The minimum absolute atomic E-state index is 0.0448. The van der Waals surface area contributed by atoms with Crippen LogP contribution in [0.25, 0.3) is 0 Å². The van der Waals surface area contributed by atoms with Crippen LogP contribution in [-0.2, 0) is 4.74 Å². The largest absolute Gasteiger partial charge is 0.393 e. The second-order valence-corrected chi connectivity index (χ2v) is 8.27. The predicted octanol–water partition coefficient (Wildman–Crippen LogP) is 4.32. The molecule has 2 fully saturated rings. The van der Waals surface area contributed by atoms with Crippen LogP contribution in [0.4, 0.5) is 0 Å². The fraction of sp³-hybridized carbons (Fsp3) is 0.895. The van der Waals surface area contributed by atoms with Crippen LogP contribution in [0.3, 0.4) is 0 Å². The van der Waals surface area contributed by atoms with Crippen molar-refractivity contribution in [3.63, 3.8) is 0 Å². The Bertz CT molecular complexity index is 412. The Kier molecular flexibility index (Phi) is 4.22. The molecule has 1 aliphatic heterocycles. The van der Waals surface area contributed by atoms with Gasteiger partial charge in [0, 0.05) is 5.92 Å². The van der Waals surface area contributed by atoms with Gasteiger partial charge in [-0.3, -0.25) is 0 Å². The van der Waals surface area contributed by atoms with E-state index in [4.69, 9.17) is 4.74 Å². The average Bonchev–Trinajstić information content (AvgIpc) is 2.37. The molecule has 0 aromatic heterocycles. The monoisotopic (exact) mass is 292 g/mol. The molecule has 0 bridgehead atoms. The minimum Gasteiger partial charge on any atom is -0.393 e. The highest BCUT2D eigenvalue weighted by molar-refractivity contribution is 5.15. The van der Waals surface area contributed by atoms with Crippen molar-refractivity contribution >= 4 is 0 Å². The van der Waals surface area contributed by atoms with Gasteiger partial charge in [-0.2, -0.15) is 0 Å². The van der Waals surface area contributed by atoms with Crippen LogP contribution in [0.15, 0.2) is 11.6 Å². The molecule has 6 atom stereocenters. The smallest absolute Gasteiger partial charge is 0.0664 e. The molecule has 1 N–H and O–H groups in total. The first-order chi connectivity index (χ1) is 9.92. The maximum atomic E-state index is 10.8. The van der Waals surface area contributed by atoms with Crippen LogP contribution in [0.2, 0.25) is 0 Å². The zero-order valence-electron chi connectivity index (χ0n) is 14.1. The molecular formula is C19H32O2. The van der Waals surface area contributed by atoms with Crippen molar-refractivity contribution in [1.29, 1.82) is 0 Å². The molecule has 2 aliphatic carbocycles. The maximum Gasteiger partial charge on any atom is 0.0664 e. The molecule has 3 aliphatic rings. The molecule has 0 aromatic carbocycles. The quantitative estimate of drug-likeness (QED) is 0.768. The summed E-state index contributed by atoms with van der Waals surface area (Å²) in [5.74, 6) is 2.06. The highest BCUT2D eigenvalue weighted by Gasteiger charge is 2.53. The topological polar surface area (TPSA) is 29.5 Å². The van der Waals surface area contributed by atoms with E-state index in [1.54, 1.807) is 0 Å². The van der Waals surface area contributed by atoms with Gasteiger partial charge in [-0.05, 0) is 64.2 Å². The van der Waals surface area contributed by atoms with E-state index in [9.17, 15) is 5.11 Å². The molecule has 1 saturated heterocycles. The Morgan fingerprint density at radius 3 is 2.81 bits per heavy atom. The van der Waals surface area contributed by atoms with Crippen molar-refractivity contribution in [2.24, 2.45) is 23.7 Å². The number of rotatable bonds is 2. The number of allylic oxidation sites excluding steroid dienone is 2. The van der Waals surface area contributed by atoms with E-state index >= 15 is 0 Å². The lowest BCUT2D eigenvalue weighted by molar-refractivity contribution is -0.226. The van der Waals surface area contributed by atoms with Crippen molar-refractivity contribution in [3.8, 4) is 0 Å². The highest BCUT2D eigenvalue weighted by Crippen LogP contribution is 2.52. The Hall–Kier alpha value is -0.340. The maximum absolute atomic E-state index is 10.8. The summed E-state index contributed by atoms with van der Waals surface area (Å²) in [5.41, 5.74) is 1.47. The Balaban J connectivity index is 1.87. The van der Waals surface area contributed by atoms with E-state index in [0.717, 1.165) is 12.8 Å². The summed E-state index contributed by atoms with van der Waals surface area (Å²) in [5, 5.41) is 10.8. The van der Waals surface area contributed by atoms with Gasteiger partial charge < -0.3 is 9.84 Å². The molecule has 21 heavy (non-hydrogen) atoms. The number of aliphatic hydroxyl groups excluding tert-OH is 1. The van der Waals surface area contributed by atoms with E-state index < -0.39 is 0 Å². The van der Waals surface area contributed by atoms with Crippen LogP contribution in [-0.4, -0.2) is 22.9 Å². The van der Waals surface area contributed by atoms with Crippen molar-refractivity contribution in [1.82, 2.24) is 0 Å². The summed E-state index contributed by atoms with van der Waals surface area (Å²) in [7, 11) is 0. The van der Waals surface area contributed by atoms with E-state index in [2.05, 4.69) is 33.8 Å². The third kappa shape index (κ3) is 2.82. The van der Waals surface area contributed by atoms with E-state index in [1.807, 2.05) is 0 Å². The van der Waals surface area contributed by atoms with Gasteiger partial charge in [0.2, 0.25) is 0 Å². The lowest BCUT2D eigenvalue weighted by Crippen LogP contribution is -2.58. The molecular weight excluding hydrogens is 260 g/mol. The second kappa shape index (κ2) is 5.70. The van der Waals surface area contributed by atoms with Crippen LogP contribution in [0.5, 0.6) is 0 Å². The van der Waals surface area contributed by atoms with Gasteiger partial charge >= 0.3 is 0 Å². The summed E-state index contributed by atoms with van der Waals surface area (Å²) in [6, 6.07) is 0. The summed E-state index contributed by atoms with van der Waals surface area (Å²) in [4.78, 5) is 0. The third-order valence-electron chi connectivity index (χ3n) is 6.29. The molecule has 1 saturated carbocycles. The van der Waals surface area contributed by atoms with Gasteiger partial charge in [0.05, 0.1) is 17.8 Å². The molecule has 120 valence electrons. The van der Waals surface area contributed by atoms with Crippen molar-refractivity contribution in [3.05, 3.63) is 11.6 Å². The van der Waals surface area contributed by atoms with E-state index in [0.29, 0.717) is 23.7 Å². The summed E-state index contributed by atoms with van der Waals surface area (Å²) in [6.45, 7) is 9.03. The first kappa shape index (κ1) is 15.6. The molecule has 0 spiro atoms. The van der Waals surface area contributed by atoms with Crippen molar-refractivity contribution in [2.75, 3.05) is 0 Å².